The predicted molar refractivity (Wildman–Crippen MR) is 88.9 cm³/mol. The molecule has 0 amide bonds. The van der Waals surface area contributed by atoms with E-state index >= 15 is 0 Å². The van der Waals surface area contributed by atoms with Gasteiger partial charge < -0.3 is 5.32 Å². The van der Waals surface area contributed by atoms with Crippen molar-refractivity contribution in [2.75, 3.05) is 24.6 Å². The zero-order valence-corrected chi connectivity index (χ0v) is 13.7. The topological polar surface area (TPSA) is 32.3 Å². The average Bonchev–Trinajstić information content (AvgIpc) is 2.49. The van der Waals surface area contributed by atoms with Crippen LogP contribution >= 0.6 is 0 Å². The van der Waals surface area contributed by atoms with Crippen molar-refractivity contribution in [1.29, 1.82) is 0 Å². The lowest BCUT2D eigenvalue weighted by Gasteiger charge is -2.33. The minimum atomic E-state index is -0.557. The normalized spacial score (nSPS) is 28.0. The van der Waals surface area contributed by atoms with Crippen LogP contribution in [0.15, 0.2) is 24.3 Å². The highest BCUT2D eigenvalue weighted by molar-refractivity contribution is 7.85. The van der Waals surface area contributed by atoms with Crippen molar-refractivity contribution in [1.82, 2.24) is 10.2 Å². The first-order valence-corrected chi connectivity index (χ1v) is 9.59. The monoisotopic (exact) mass is 306 g/mol. The number of rotatable bonds is 4. The molecule has 0 aliphatic carbocycles. The van der Waals surface area contributed by atoms with Crippen molar-refractivity contribution < 1.29 is 4.21 Å². The lowest BCUT2D eigenvalue weighted by atomic mass is 9.99. The third kappa shape index (κ3) is 4.15. The summed E-state index contributed by atoms with van der Waals surface area (Å²) in [7, 11) is -0.557. The number of nitrogens with one attached hydrogen (secondary N) is 1. The van der Waals surface area contributed by atoms with E-state index in [2.05, 4.69) is 41.4 Å². The molecular formula is C17H26N2OS. The molecule has 2 aliphatic heterocycles. The van der Waals surface area contributed by atoms with Crippen LogP contribution < -0.4 is 5.32 Å². The summed E-state index contributed by atoms with van der Waals surface area (Å²) in [5.74, 6) is 1.75. The van der Waals surface area contributed by atoms with E-state index in [-0.39, 0.29) is 0 Å². The van der Waals surface area contributed by atoms with Crippen LogP contribution in [-0.2, 0) is 23.8 Å². The average molecular weight is 306 g/mol. The molecule has 2 aliphatic rings. The summed E-state index contributed by atoms with van der Waals surface area (Å²) in [6.07, 6.45) is 3.31. The summed E-state index contributed by atoms with van der Waals surface area (Å²) in [4.78, 5) is 2.56. The number of benzene rings is 1. The number of hydrogen-bond donors (Lipinski definition) is 1. The van der Waals surface area contributed by atoms with Crippen molar-refractivity contribution in [3.63, 3.8) is 0 Å². The molecule has 21 heavy (non-hydrogen) atoms. The van der Waals surface area contributed by atoms with Crippen molar-refractivity contribution in [2.24, 2.45) is 0 Å². The lowest BCUT2D eigenvalue weighted by molar-refractivity contribution is 0.221. The van der Waals surface area contributed by atoms with Gasteiger partial charge in [0.1, 0.15) is 0 Å². The minimum absolute atomic E-state index is 0.506. The third-order valence-corrected chi connectivity index (χ3v) is 6.03. The second-order valence-electron chi connectivity index (χ2n) is 6.44. The summed E-state index contributed by atoms with van der Waals surface area (Å²) in [6, 6.07) is 9.88. The van der Waals surface area contributed by atoms with Gasteiger partial charge in [-0.15, -0.1) is 0 Å². The lowest BCUT2D eigenvalue weighted by Crippen LogP contribution is -2.47. The Kier molecular flexibility index (Phi) is 5.09. The molecule has 0 unspecified atom stereocenters. The molecule has 0 radical (unpaired) electrons. The summed E-state index contributed by atoms with van der Waals surface area (Å²) >= 11 is 0. The van der Waals surface area contributed by atoms with Gasteiger partial charge in [-0.3, -0.25) is 9.11 Å². The molecule has 0 spiro atoms. The highest BCUT2D eigenvalue weighted by Gasteiger charge is 2.21. The van der Waals surface area contributed by atoms with Gasteiger partial charge >= 0.3 is 0 Å². The fourth-order valence-electron chi connectivity index (χ4n) is 3.51. The Morgan fingerprint density at radius 2 is 2.00 bits per heavy atom. The first kappa shape index (κ1) is 15.2. The molecule has 1 aromatic rings. The van der Waals surface area contributed by atoms with Crippen LogP contribution in [-0.4, -0.2) is 45.8 Å². The molecule has 4 heteroatoms. The molecule has 116 valence electrons. The van der Waals surface area contributed by atoms with E-state index in [9.17, 15) is 4.21 Å². The zero-order valence-electron chi connectivity index (χ0n) is 12.9. The molecule has 1 saturated heterocycles. The van der Waals surface area contributed by atoms with Gasteiger partial charge in [-0.1, -0.05) is 24.3 Å². The summed E-state index contributed by atoms with van der Waals surface area (Å²) in [6.45, 7) is 5.63. The smallest absolute Gasteiger partial charge is 0.0249 e. The van der Waals surface area contributed by atoms with E-state index in [1.54, 1.807) is 0 Å². The van der Waals surface area contributed by atoms with Crippen molar-refractivity contribution in [3.8, 4) is 0 Å². The van der Waals surface area contributed by atoms with E-state index in [1.165, 1.54) is 17.5 Å². The largest absolute Gasteiger partial charge is 0.310 e. The van der Waals surface area contributed by atoms with Crippen molar-refractivity contribution in [2.45, 2.75) is 44.8 Å². The molecule has 1 N–H and O–H groups in total. The Bertz CT molecular complexity index is 495. The maximum atomic E-state index is 11.4. The maximum absolute atomic E-state index is 11.4. The standard InChI is InChI=1S/C17H26N2OS/c1-14(18-17-7-10-21(20)11-8-17)12-19-9-6-15-4-2-3-5-16(15)13-19/h2-5,14,17-18H,6-13H2,1H3/t14-,17?,21?/m0/s1. The van der Waals surface area contributed by atoms with Crippen LogP contribution in [0.2, 0.25) is 0 Å². The molecule has 0 aromatic heterocycles. The Labute approximate surface area is 130 Å². The molecule has 2 heterocycles. The van der Waals surface area contributed by atoms with Gasteiger partial charge in [0, 0.05) is 54.0 Å². The summed E-state index contributed by atoms with van der Waals surface area (Å²) in [5.41, 5.74) is 3.01. The molecular weight excluding hydrogens is 280 g/mol. The Morgan fingerprint density at radius 3 is 2.76 bits per heavy atom. The predicted octanol–water partition coefficient (Wildman–Crippen LogP) is 1.93. The van der Waals surface area contributed by atoms with Gasteiger partial charge in [-0.2, -0.15) is 0 Å². The van der Waals surface area contributed by atoms with Crippen molar-refractivity contribution >= 4 is 10.8 Å². The van der Waals surface area contributed by atoms with Gasteiger partial charge in [-0.05, 0) is 37.3 Å². The first-order chi connectivity index (χ1) is 10.2. The molecule has 0 bridgehead atoms. The second kappa shape index (κ2) is 7.03. The molecule has 3 rings (SSSR count). The Balaban J connectivity index is 1.47. The summed E-state index contributed by atoms with van der Waals surface area (Å²) < 4.78 is 11.4. The van der Waals surface area contributed by atoms with Crippen LogP contribution in [0.5, 0.6) is 0 Å². The number of nitrogens with zero attached hydrogens (tertiary/aromatic N) is 1. The van der Waals surface area contributed by atoms with Crippen molar-refractivity contribution in [3.05, 3.63) is 35.4 Å². The molecule has 3 nitrogen and oxygen atoms in total. The maximum Gasteiger partial charge on any atom is 0.0249 e. The highest BCUT2D eigenvalue weighted by atomic mass is 32.2. The van der Waals surface area contributed by atoms with Gasteiger partial charge in [-0.25, -0.2) is 0 Å². The van der Waals surface area contributed by atoms with E-state index in [4.69, 9.17) is 0 Å². The fraction of sp³-hybridized carbons (Fsp3) is 0.647. The summed E-state index contributed by atoms with van der Waals surface area (Å²) in [5, 5.41) is 3.73. The van der Waals surface area contributed by atoms with Crippen LogP contribution in [0, 0.1) is 0 Å². The van der Waals surface area contributed by atoms with Crippen LogP contribution in [0.1, 0.15) is 30.9 Å². The van der Waals surface area contributed by atoms with E-state index in [0.717, 1.165) is 44.0 Å². The van der Waals surface area contributed by atoms with Gasteiger partial charge in [0.25, 0.3) is 0 Å². The first-order valence-electron chi connectivity index (χ1n) is 8.11. The molecule has 1 fully saturated rings. The SMILES string of the molecule is C[C@@H](CN1CCc2ccccc2C1)NC1CCS(=O)CC1. The van der Waals surface area contributed by atoms with E-state index < -0.39 is 10.8 Å². The van der Waals surface area contributed by atoms with E-state index in [0.29, 0.717) is 12.1 Å². The van der Waals surface area contributed by atoms with Gasteiger partial charge in [0.05, 0.1) is 0 Å². The molecule has 1 atom stereocenters. The Morgan fingerprint density at radius 1 is 1.29 bits per heavy atom. The zero-order chi connectivity index (χ0) is 14.7. The molecule has 0 saturated carbocycles. The van der Waals surface area contributed by atoms with Gasteiger partial charge in [0.2, 0.25) is 0 Å². The fourth-order valence-corrected chi connectivity index (χ4v) is 4.81. The minimum Gasteiger partial charge on any atom is -0.310 e. The highest BCUT2D eigenvalue weighted by Crippen LogP contribution is 2.18. The molecule has 1 aromatic carbocycles. The van der Waals surface area contributed by atoms with Gasteiger partial charge in [0.15, 0.2) is 0 Å². The van der Waals surface area contributed by atoms with Crippen LogP contribution in [0.4, 0.5) is 0 Å². The third-order valence-electron chi connectivity index (χ3n) is 4.65. The number of fused-ring (bicyclic) bond motifs is 1. The second-order valence-corrected chi connectivity index (χ2v) is 8.14. The van der Waals surface area contributed by atoms with Crippen LogP contribution in [0.25, 0.3) is 0 Å². The quantitative estimate of drug-likeness (QED) is 0.922. The van der Waals surface area contributed by atoms with E-state index in [1.807, 2.05) is 0 Å². The number of hydrogen-bond acceptors (Lipinski definition) is 3. The Hall–Kier alpha value is -0.710. The van der Waals surface area contributed by atoms with Crippen LogP contribution in [0.3, 0.4) is 0 Å².